The summed E-state index contributed by atoms with van der Waals surface area (Å²) in [6.07, 6.45) is -2.55. The molecular weight excluding hydrogens is 531 g/mol. The summed E-state index contributed by atoms with van der Waals surface area (Å²) in [4.78, 5) is 12.5. The number of rotatable bonds is 5. The molecule has 3 aromatic carbocycles. The Bertz CT molecular complexity index is 1580. The van der Waals surface area contributed by atoms with E-state index in [2.05, 4.69) is 15.6 Å². The number of carbonyl (C=O) groups is 1. The number of hydrogen-bond acceptors (Lipinski definition) is 5. The van der Waals surface area contributed by atoms with E-state index in [4.69, 9.17) is 4.74 Å². The highest BCUT2D eigenvalue weighted by atomic mass is 19.4. The molecule has 1 aliphatic carbocycles. The molecule has 0 bridgehead atoms. The van der Waals surface area contributed by atoms with Crippen LogP contribution in [-0.2, 0) is 16.3 Å². The van der Waals surface area contributed by atoms with Gasteiger partial charge < -0.3 is 10.1 Å². The first kappa shape index (κ1) is 26.1. The fraction of sp³-hybridized carbons (Fsp3) is 0.276. The molecule has 1 saturated carbocycles. The molecule has 6 rings (SSSR count). The highest BCUT2D eigenvalue weighted by molar-refractivity contribution is 5.92. The standard InChI is InChI=1S/C29H23F5N4O2/c1-40-26(39)20-12-19(17-2-6-21(7-3-17)27-10-11-35-15-25(27)28(27,30)31)13-23(14-20)38-16-24(36-37-38)18-4-8-22(9-5-18)29(32,33)34/h2-9,12-14,16,25,35H,10-11,15H2,1H3. The van der Waals surface area contributed by atoms with Crippen molar-refractivity contribution < 1.29 is 31.5 Å². The molecule has 1 aromatic heterocycles. The van der Waals surface area contributed by atoms with Crippen molar-refractivity contribution in [2.24, 2.45) is 5.92 Å². The number of carbonyl (C=O) groups excluding carboxylic acids is 1. The van der Waals surface area contributed by atoms with Gasteiger partial charge in [0, 0.05) is 12.1 Å². The Kier molecular flexibility index (Phi) is 6.02. The number of ether oxygens (including phenoxy) is 1. The predicted octanol–water partition coefficient (Wildman–Crippen LogP) is 5.90. The topological polar surface area (TPSA) is 69.0 Å². The number of halogens is 5. The molecule has 11 heteroatoms. The molecule has 0 spiro atoms. The summed E-state index contributed by atoms with van der Waals surface area (Å²) >= 11 is 0. The van der Waals surface area contributed by atoms with Gasteiger partial charge in [-0.3, -0.25) is 0 Å². The van der Waals surface area contributed by atoms with Gasteiger partial charge in [-0.2, -0.15) is 13.2 Å². The largest absolute Gasteiger partial charge is 0.465 e. The molecular formula is C29H23F5N4O2. The minimum absolute atomic E-state index is 0.233. The van der Waals surface area contributed by atoms with Crippen LogP contribution in [0.15, 0.2) is 72.9 Å². The molecule has 40 heavy (non-hydrogen) atoms. The molecule has 2 atom stereocenters. The maximum atomic E-state index is 14.7. The Labute approximate surface area is 225 Å². The average molecular weight is 555 g/mol. The molecule has 2 heterocycles. The van der Waals surface area contributed by atoms with E-state index in [1.54, 1.807) is 42.5 Å². The Balaban J connectivity index is 1.33. The molecule has 6 nitrogen and oxygen atoms in total. The molecule has 2 fully saturated rings. The first-order chi connectivity index (χ1) is 19.0. The van der Waals surface area contributed by atoms with Gasteiger partial charge in [0.2, 0.25) is 0 Å². The van der Waals surface area contributed by atoms with Crippen LogP contribution in [0, 0.1) is 5.92 Å². The lowest BCUT2D eigenvalue weighted by Crippen LogP contribution is -2.31. The highest BCUT2D eigenvalue weighted by Gasteiger charge is 2.80. The summed E-state index contributed by atoms with van der Waals surface area (Å²) < 4.78 is 74.5. The number of fused-ring (bicyclic) bond motifs is 1. The molecule has 2 unspecified atom stereocenters. The van der Waals surface area contributed by atoms with E-state index < -0.39 is 35.0 Å². The quantitative estimate of drug-likeness (QED) is 0.246. The van der Waals surface area contributed by atoms with Crippen LogP contribution in [0.4, 0.5) is 22.0 Å². The van der Waals surface area contributed by atoms with Gasteiger partial charge >= 0.3 is 12.1 Å². The summed E-state index contributed by atoms with van der Waals surface area (Å²) in [6, 6.07) is 16.5. The fourth-order valence-electron chi connectivity index (χ4n) is 5.70. The third-order valence-electron chi connectivity index (χ3n) is 7.93. The van der Waals surface area contributed by atoms with Crippen LogP contribution in [0.3, 0.4) is 0 Å². The molecule has 1 N–H and O–H groups in total. The van der Waals surface area contributed by atoms with Crippen LogP contribution in [0.2, 0.25) is 0 Å². The van der Waals surface area contributed by atoms with E-state index in [1.807, 2.05) is 0 Å². The number of nitrogens with one attached hydrogen (secondary N) is 1. The second kappa shape index (κ2) is 9.22. The smallest absolute Gasteiger partial charge is 0.416 e. The second-order valence-electron chi connectivity index (χ2n) is 10.1. The van der Waals surface area contributed by atoms with Crippen LogP contribution in [0.5, 0.6) is 0 Å². The first-order valence-electron chi connectivity index (χ1n) is 12.6. The zero-order chi connectivity index (χ0) is 28.3. The third kappa shape index (κ3) is 4.16. The number of nitrogens with zero attached hydrogens (tertiary/aromatic N) is 3. The van der Waals surface area contributed by atoms with Crippen LogP contribution in [-0.4, -0.2) is 47.1 Å². The van der Waals surface area contributed by atoms with E-state index in [-0.39, 0.29) is 12.1 Å². The summed E-state index contributed by atoms with van der Waals surface area (Å²) in [7, 11) is 1.26. The van der Waals surface area contributed by atoms with Gasteiger partial charge in [-0.05, 0) is 60.0 Å². The lowest BCUT2D eigenvalue weighted by molar-refractivity contribution is -0.137. The van der Waals surface area contributed by atoms with Crippen molar-refractivity contribution >= 4 is 5.97 Å². The summed E-state index contributed by atoms with van der Waals surface area (Å²) in [6.45, 7) is 0.816. The van der Waals surface area contributed by atoms with Crippen molar-refractivity contribution in [2.75, 3.05) is 20.2 Å². The summed E-state index contributed by atoms with van der Waals surface area (Å²) in [5.74, 6) is -4.06. The number of esters is 1. The number of aromatic nitrogens is 3. The zero-order valence-corrected chi connectivity index (χ0v) is 21.2. The predicted molar refractivity (Wildman–Crippen MR) is 136 cm³/mol. The van der Waals surface area contributed by atoms with E-state index >= 15 is 0 Å². The van der Waals surface area contributed by atoms with E-state index in [9.17, 15) is 26.7 Å². The lowest BCUT2D eigenvalue weighted by Gasteiger charge is -2.22. The summed E-state index contributed by atoms with van der Waals surface area (Å²) in [5.41, 5.74) is 1.46. The monoisotopic (exact) mass is 554 g/mol. The van der Waals surface area contributed by atoms with Gasteiger partial charge in [0.05, 0.1) is 41.5 Å². The normalized spacial score (nSPS) is 21.5. The van der Waals surface area contributed by atoms with Crippen LogP contribution >= 0.6 is 0 Å². The Morgan fingerprint density at radius 3 is 2.35 bits per heavy atom. The van der Waals surface area contributed by atoms with Crippen molar-refractivity contribution in [3.05, 3.63) is 89.6 Å². The fourth-order valence-corrected chi connectivity index (χ4v) is 5.70. The number of methoxy groups -OCH3 is 1. The van der Waals surface area contributed by atoms with E-state index in [1.165, 1.54) is 30.1 Å². The molecule has 206 valence electrons. The molecule has 1 aliphatic heterocycles. The molecule has 2 aliphatic rings. The van der Waals surface area contributed by atoms with Gasteiger partial charge in [0.25, 0.3) is 5.92 Å². The number of hydrogen-bond donors (Lipinski definition) is 1. The highest BCUT2D eigenvalue weighted by Crippen LogP contribution is 2.69. The van der Waals surface area contributed by atoms with Gasteiger partial charge in [-0.25, -0.2) is 18.3 Å². The second-order valence-corrected chi connectivity index (χ2v) is 10.1. The molecule has 0 amide bonds. The Hall–Kier alpha value is -4.12. The van der Waals surface area contributed by atoms with Gasteiger partial charge in [-0.15, -0.1) is 5.10 Å². The van der Waals surface area contributed by atoms with E-state index in [0.717, 1.165) is 12.1 Å². The summed E-state index contributed by atoms with van der Waals surface area (Å²) in [5, 5.41) is 11.2. The van der Waals surface area contributed by atoms with Crippen LogP contribution in [0.25, 0.3) is 28.1 Å². The zero-order valence-electron chi connectivity index (χ0n) is 21.2. The maximum Gasteiger partial charge on any atom is 0.416 e. The maximum absolute atomic E-state index is 14.7. The van der Waals surface area contributed by atoms with Crippen LogP contribution < -0.4 is 5.32 Å². The number of alkyl halides is 5. The Morgan fingerprint density at radius 2 is 1.70 bits per heavy atom. The van der Waals surface area contributed by atoms with Gasteiger partial charge in [0.1, 0.15) is 5.69 Å². The molecule has 0 radical (unpaired) electrons. The Morgan fingerprint density at radius 1 is 1.00 bits per heavy atom. The van der Waals surface area contributed by atoms with Crippen molar-refractivity contribution in [1.82, 2.24) is 20.3 Å². The van der Waals surface area contributed by atoms with Gasteiger partial charge in [-0.1, -0.05) is 41.6 Å². The SMILES string of the molecule is COC(=O)c1cc(-c2ccc(C34CCNCC3C4(F)F)cc2)cc(-n2cc(-c3ccc(C(F)(F)F)cc3)nn2)c1. The van der Waals surface area contributed by atoms with Crippen LogP contribution in [0.1, 0.15) is 27.9 Å². The van der Waals surface area contributed by atoms with Gasteiger partial charge in [0.15, 0.2) is 0 Å². The minimum Gasteiger partial charge on any atom is -0.465 e. The van der Waals surface area contributed by atoms with Crippen molar-refractivity contribution in [3.63, 3.8) is 0 Å². The lowest BCUT2D eigenvalue weighted by atomic mass is 9.86. The third-order valence-corrected chi connectivity index (χ3v) is 7.93. The van der Waals surface area contributed by atoms with Crippen molar-refractivity contribution in [1.29, 1.82) is 0 Å². The number of benzene rings is 3. The van der Waals surface area contributed by atoms with Crippen molar-refractivity contribution in [3.8, 4) is 28.1 Å². The average Bonchev–Trinajstić information content (AvgIpc) is 3.25. The molecule has 1 saturated heterocycles. The van der Waals surface area contributed by atoms with Crippen molar-refractivity contribution in [2.45, 2.75) is 23.9 Å². The van der Waals surface area contributed by atoms with E-state index in [0.29, 0.717) is 46.6 Å². The molecule has 4 aromatic rings. The first-order valence-corrected chi connectivity index (χ1v) is 12.6. The minimum atomic E-state index is -4.45. The number of piperidine rings is 1.